The van der Waals surface area contributed by atoms with Crippen LogP contribution in [0.3, 0.4) is 0 Å². The molecule has 0 radical (unpaired) electrons. The lowest BCUT2D eigenvalue weighted by Crippen LogP contribution is -2.14. The minimum Gasteiger partial charge on any atom is -0.309 e. The largest absolute Gasteiger partial charge is 0.309 e. The minimum absolute atomic E-state index is 1.10. The fourth-order valence-corrected chi connectivity index (χ4v) is 1.45. The Morgan fingerprint density at radius 3 is 2.14 bits per heavy atom. The van der Waals surface area contributed by atoms with Gasteiger partial charge < -0.3 is 4.90 Å². The molecule has 0 unspecified atom stereocenters. The SMILES string of the molecule is C=C/C=C(/C)C(CCN(C)C)=C(C)C. The highest BCUT2D eigenvalue weighted by Crippen LogP contribution is 2.18. The van der Waals surface area contributed by atoms with E-state index in [0.717, 1.165) is 13.0 Å². The maximum atomic E-state index is 3.73. The van der Waals surface area contributed by atoms with Crippen molar-refractivity contribution >= 4 is 0 Å². The lowest BCUT2D eigenvalue weighted by Gasteiger charge is -2.14. The monoisotopic (exact) mass is 193 g/mol. The molecule has 80 valence electrons. The molecule has 0 spiro atoms. The molecule has 0 N–H and O–H groups in total. The lowest BCUT2D eigenvalue weighted by atomic mass is 9.99. The molecule has 0 saturated carbocycles. The third-order valence-electron chi connectivity index (χ3n) is 2.26. The molecule has 0 bridgehead atoms. The molecule has 0 fully saturated rings. The summed E-state index contributed by atoms with van der Waals surface area (Å²) >= 11 is 0. The van der Waals surface area contributed by atoms with Crippen molar-refractivity contribution in [3.05, 3.63) is 35.5 Å². The van der Waals surface area contributed by atoms with Gasteiger partial charge in [-0.15, -0.1) is 0 Å². The van der Waals surface area contributed by atoms with Gasteiger partial charge in [0.05, 0.1) is 0 Å². The van der Waals surface area contributed by atoms with E-state index in [-0.39, 0.29) is 0 Å². The van der Waals surface area contributed by atoms with Gasteiger partial charge in [-0.05, 0) is 52.4 Å². The van der Waals surface area contributed by atoms with Gasteiger partial charge in [0, 0.05) is 6.54 Å². The third-order valence-corrected chi connectivity index (χ3v) is 2.26. The van der Waals surface area contributed by atoms with Crippen LogP contribution in [0.15, 0.2) is 35.5 Å². The van der Waals surface area contributed by atoms with Gasteiger partial charge in [-0.1, -0.05) is 24.3 Å². The molecule has 0 aliphatic heterocycles. The van der Waals surface area contributed by atoms with Gasteiger partial charge in [0.15, 0.2) is 0 Å². The highest BCUT2D eigenvalue weighted by atomic mass is 15.0. The maximum Gasteiger partial charge on any atom is 0.00158 e. The fraction of sp³-hybridized carbons (Fsp3) is 0.538. The van der Waals surface area contributed by atoms with Crippen molar-refractivity contribution in [3.63, 3.8) is 0 Å². The molecule has 0 aliphatic rings. The van der Waals surface area contributed by atoms with Crippen LogP contribution in [0.5, 0.6) is 0 Å². The van der Waals surface area contributed by atoms with Gasteiger partial charge in [-0.3, -0.25) is 0 Å². The van der Waals surface area contributed by atoms with E-state index in [2.05, 4.69) is 52.4 Å². The van der Waals surface area contributed by atoms with E-state index in [4.69, 9.17) is 0 Å². The van der Waals surface area contributed by atoms with Crippen molar-refractivity contribution in [2.75, 3.05) is 20.6 Å². The Balaban J connectivity index is 4.56. The van der Waals surface area contributed by atoms with Gasteiger partial charge in [0.2, 0.25) is 0 Å². The van der Waals surface area contributed by atoms with E-state index < -0.39 is 0 Å². The number of nitrogens with zero attached hydrogens (tertiary/aromatic N) is 1. The minimum atomic E-state index is 1.10. The predicted octanol–water partition coefficient (Wildman–Crippen LogP) is 3.41. The highest BCUT2D eigenvalue weighted by molar-refractivity contribution is 5.34. The molecule has 0 saturated heterocycles. The zero-order chi connectivity index (χ0) is 11.1. The molecular weight excluding hydrogens is 170 g/mol. The van der Waals surface area contributed by atoms with E-state index in [9.17, 15) is 0 Å². The number of hydrogen-bond donors (Lipinski definition) is 0. The van der Waals surface area contributed by atoms with Crippen LogP contribution in [0.25, 0.3) is 0 Å². The number of allylic oxidation sites excluding steroid dienone is 4. The first-order chi connectivity index (χ1) is 6.49. The average Bonchev–Trinajstić information content (AvgIpc) is 2.03. The summed E-state index contributed by atoms with van der Waals surface area (Å²) in [6.45, 7) is 11.3. The first kappa shape index (κ1) is 13.2. The maximum absolute atomic E-state index is 3.73. The van der Waals surface area contributed by atoms with Gasteiger partial charge in [0.1, 0.15) is 0 Å². The first-order valence-electron chi connectivity index (χ1n) is 5.09. The summed E-state index contributed by atoms with van der Waals surface area (Å²) in [4.78, 5) is 2.21. The van der Waals surface area contributed by atoms with Crippen molar-refractivity contribution in [3.8, 4) is 0 Å². The smallest absolute Gasteiger partial charge is 0.00158 e. The molecule has 0 aromatic rings. The Morgan fingerprint density at radius 1 is 1.21 bits per heavy atom. The van der Waals surface area contributed by atoms with Gasteiger partial charge in [-0.2, -0.15) is 0 Å². The van der Waals surface area contributed by atoms with Crippen LogP contribution in [0, 0.1) is 0 Å². The zero-order valence-corrected chi connectivity index (χ0v) is 10.2. The second-order valence-electron chi connectivity index (χ2n) is 4.12. The van der Waals surface area contributed by atoms with E-state index >= 15 is 0 Å². The van der Waals surface area contributed by atoms with E-state index in [1.165, 1.54) is 16.7 Å². The van der Waals surface area contributed by atoms with E-state index in [1.807, 2.05) is 6.08 Å². The van der Waals surface area contributed by atoms with Gasteiger partial charge in [-0.25, -0.2) is 0 Å². The summed E-state index contributed by atoms with van der Waals surface area (Å²) in [6.07, 6.45) is 5.05. The molecule has 0 aromatic carbocycles. The summed E-state index contributed by atoms with van der Waals surface area (Å²) in [7, 11) is 4.21. The molecule has 0 amide bonds. The predicted molar refractivity (Wildman–Crippen MR) is 65.5 cm³/mol. The first-order valence-corrected chi connectivity index (χ1v) is 5.09. The Morgan fingerprint density at radius 2 is 1.79 bits per heavy atom. The third kappa shape index (κ3) is 5.03. The van der Waals surface area contributed by atoms with Crippen LogP contribution in [0.4, 0.5) is 0 Å². The molecule has 0 rings (SSSR count). The lowest BCUT2D eigenvalue weighted by molar-refractivity contribution is 0.413. The fourth-order valence-electron chi connectivity index (χ4n) is 1.45. The van der Waals surface area contributed by atoms with Crippen LogP contribution < -0.4 is 0 Å². The Labute approximate surface area is 88.8 Å². The molecule has 0 atom stereocenters. The van der Waals surface area contributed by atoms with Crippen LogP contribution in [-0.4, -0.2) is 25.5 Å². The second-order valence-corrected chi connectivity index (χ2v) is 4.12. The number of rotatable bonds is 5. The molecule has 1 heteroatoms. The summed E-state index contributed by atoms with van der Waals surface area (Å²) in [5.74, 6) is 0. The number of hydrogen-bond acceptors (Lipinski definition) is 1. The molecule has 0 aliphatic carbocycles. The molecular formula is C13H23N. The van der Waals surface area contributed by atoms with Gasteiger partial charge in [0.25, 0.3) is 0 Å². The molecule has 0 heterocycles. The van der Waals surface area contributed by atoms with E-state index in [1.54, 1.807) is 0 Å². The summed E-state index contributed by atoms with van der Waals surface area (Å²) in [6, 6.07) is 0. The second kappa shape index (κ2) is 6.61. The summed E-state index contributed by atoms with van der Waals surface area (Å²) in [5.41, 5.74) is 4.20. The van der Waals surface area contributed by atoms with Crippen LogP contribution in [-0.2, 0) is 0 Å². The van der Waals surface area contributed by atoms with E-state index in [0.29, 0.717) is 0 Å². The van der Waals surface area contributed by atoms with Crippen LogP contribution >= 0.6 is 0 Å². The average molecular weight is 193 g/mol. The van der Waals surface area contributed by atoms with Crippen molar-refractivity contribution in [1.29, 1.82) is 0 Å². The summed E-state index contributed by atoms with van der Waals surface area (Å²) in [5, 5.41) is 0. The summed E-state index contributed by atoms with van der Waals surface area (Å²) < 4.78 is 0. The van der Waals surface area contributed by atoms with Crippen molar-refractivity contribution in [2.45, 2.75) is 27.2 Å². The molecule has 0 aromatic heterocycles. The molecule has 1 nitrogen and oxygen atoms in total. The highest BCUT2D eigenvalue weighted by Gasteiger charge is 2.02. The van der Waals surface area contributed by atoms with Crippen LogP contribution in [0.2, 0.25) is 0 Å². The van der Waals surface area contributed by atoms with Crippen LogP contribution in [0.1, 0.15) is 27.2 Å². The van der Waals surface area contributed by atoms with Crippen molar-refractivity contribution < 1.29 is 0 Å². The zero-order valence-electron chi connectivity index (χ0n) is 10.2. The van der Waals surface area contributed by atoms with Crippen molar-refractivity contribution in [1.82, 2.24) is 4.90 Å². The quantitative estimate of drug-likeness (QED) is 0.605. The van der Waals surface area contributed by atoms with Crippen molar-refractivity contribution in [2.24, 2.45) is 0 Å². The standard InChI is InChI=1S/C13H23N/c1-7-8-12(4)13(11(2)3)9-10-14(5)6/h7-8H,1,9-10H2,2-6H3/b12-8-. The Bertz CT molecular complexity index is 240. The Kier molecular flexibility index (Phi) is 6.22. The molecule has 14 heavy (non-hydrogen) atoms. The topological polar surface area (TPSA) is 3.24 Å². The Hall–Kier alpha value is -0.820. The normalized spacial score (nSPS) is 11.7. The van der Waals surface area contributed by atoms with Gasteiger partial charge >= 0.3 is 0 Å².